The van der Waals surface area contributed by atoms with Crippen LogP contribution >= 0.6 is 0 Å². The minimum Gasteiger partial charge on any atom is -0.508 e. The zero-order chi connectivity index (χ0) is 21.8. The number of amides is 1. The van der Waals surface area contributed by atoms with Crippen LogP contribution in [0.25, 0.3) is 11.4 Å². The molecule has 0 bridgehead atoms. The van der Waals surface area contributed by atoms with Crippen LogP contribution < -0.4 is 11.1 Å². The third-order valence-electron chi connectivity index (χ3n) is 4.73. The smallest absolute Gasteiger partial charge is 0.315 e. The Bertz CT molecular complexity index is 1040. The number of nitrogens with two attached hydrogens (primary N) is 1. The summed E-state index contributed by atoms with van der Waals surface area (Å²) >= 11 is 0. The Morgan fingerprint density at radius 1 is 1.07 bits per heavy atom. The van der Waals surface area contributed by atoms with Crippen LogP contribution in [0.4, 0.5) is 0 Å². The summed E-state index contributed by atoms with van der Waals surface area (Å²) in [6, 6.07) is 10.2. The summed E-state index contributed by atoms with van der Waals surface area (Å²) in [5.41, 5.74) is 7.99. The van der Waals surface area contributed by atoms with Crippen LogP contribution in [0.5, 0.6) is 17.5 Å². The van der Waals surface area contributed by atoms with Crippen LogP contribution in [0, 0.1) is 0 Å². The fourth-order valence-corrected chi connectivity index (χ4v) is 3.15. The second-order valence-corrected chi connectivity index (χ2v) is 7.38. The van der Waals surface area contributed by atoms with E-state index in [1.807, 2.05) is 38.1 Å². The van der Waals surface area contributed by atoms with Gasteiger partial charge in [-0.15, -0.1) is 5.10 Å². The highest BCUT2D eigenvalue weighted by molar-refractivity contribution is 5.75. The van der Waals surface area contributed by atoms with E-state index in [-0.39, 0.29) is 36.5 Å². The van der Waals surface area contributed by atoms with E-state index in [0.717, 1.165) is 11.1 Å². The highest BCUT2D eigenvalue weighted by Gasteiger charge is 2.20. The van der Waals surface area contributed by atoms with Crippen molar-refractivity contribution in [1.82, 2.24) is 20.1 Å². The van der Waals surface area contributed by atoms with E-state index in [0.29, 0.717) is 23.5 Å². The molecule has 6 N–H and O–H groups in total. The first-order valence-corrected chi connectivity index (χ1v) is 9.51. The molecule has 2 aromatic carbocycles. The number of phenols is 2. The number of benzene rings is 2. The summed E-state index contributed by atoms with van der Waals surface area (Å²) < 4.78 is 1.48. The number of carbonyl (C=O) groups excluding carboxylic acids is 1. The van der Waals surface area contributed by atoms with E-state index in [2.05, 4.69) is 15.5 Å². The topological polar surface area (TPSA) is 147 Å². The molecule has 0 fully saturated rings. The van der Waals surface area contributed by atoms with Gasteiger partial charge in [0.15, 0.2) is 5.82 Å². The molecule has 9 nitrogen and oxygen atoms in total. The quantitative estimate of drug-likeness (QED) is 0.380. The highest BCUT2D eigenvalue weighted by Crippen LogP contribution is 2.38. The van der Waals surface area contributed by atoms with E-state index in [1.165, 1.54) is 10.6 Å². The zero-order valence-electron chi connectivity index (χ0n) is 16.8. The van der Waals surface area contributed by atoms with Gasteiger partial charge in [-0.05, 0) is 28.7 Å². The number of aromatic nitrogens is 3. The Morgan fingerprint density at radius 2 is 1.73 bits per heavy atom. The lowest BCUT2D eigenvalue weighted by atomic mass is 9.98. The third-order valence-corrected chi connectivity index (χ3v) is 4.73. The maximum Gasteiger partial charge on any atom is 0.315 e. The van der Waals surface area contributed by atoms with Gasteiger partial charge in [0.05, 0.1) is 18.7 Å². The maximum atomic E-state index is 10.8. The molecular weight excluding hydrogens is 386 g/mol. The van der Waals surface area contributed by atoms with Gasteiger partial charge in [0.25, 0.3) is 0 Å². The minimum atomic E-state index is -0.416. The average molecular weight is 411 g/mol. The molecule has 0 aliphatic heterocycles. The van der Waals surface area contributed by atoms with Gasteiger partial charge < -0.3 is 26.4 Å². The number of rotatable bonds is 8. The molecule has 1 aromatic heterocycles. The van der Waals surface area contributed by atoms with Crippen LogP contribution in [-0.4, -0.2) is 42.5 Å². The van der Waals surface area contributed by atoms with Crippen LogP contribution in [0.2, 0.25) is 0 Å². The van der Waals surface area contributed by atoms with E-state index in [1.54, 1.807) is 6.07 Å². The number of hydrogen-bond acceptors (Lipinski definition) is 7. The van der Waals surface area contributed by atoms with Crippen molar-refractivity contribution in [3.8, 4) is 28.9 Å². The first-order valence-electron chi connectivity index (χ1n) is 9.51. The molecule has 1 heterocycles. The van der Waals surface area contributed by atoms with Crippen molar-refractivity contribution in [1.29, 1.82) is 0 Å². The first-order chi connectivity index (χ1) is 14.3. The number of phenolic OH excluding ortho intramolecular Hbond substituents is 2. The number of primary amides is 1. The fraction of sp³-hybridized carbons (Fsp3) is 0.286. The third kappa shape index (κ3) is 4.69. The van der Waals surface area contributed by atoms with Crippen LogP contribution in [0.3, 0.4) is 0 Å². The molecule has 1 amide bonds. The number of hydrogen-bond donors (Lipinski definition) is 5. The van der Waals surface area contributed by atoms with Crippen LogP contribution in [0.15, 0.2) is 36.4 Å². The van der Waals surface area contributed by atoms with Crippen LogP contribution in [0.1, 0.15) is 36.5 Å². The van der Waals surface area contributed by atoms with Crippen molar-refractivity contribution in [3.63, 3.8) is 0 Å². The second-order valence-electron chi connectivity index (χ2n) is 7.38. The first kappa shape index (κ1) is 21.1. The van der Waals surface area contributed by atoms with E-state index in [4.69, 9.17) is 5.73 Å². The number of nitrogens with one attached hydrogen (secondary N) is 1. The van der Waals surface area contributed by atoms with Gasteiger partial charge in [-0.3, -0.25) is 9.36 Å². The molecule has 0 unspecified atom stereocenters. The Hall–Kier alpha value is -3.59. The van der Waals surface area contributed by atoms with Crippen molar-refractivity contribution >= 4 is 5.91 Å². The van der Waals surface area contributed by atoms with Gasteiger partial charge in [-0.25, -0.2) is 0 Å². The second kappa shape index (κ2) is 8.83. The van der Waals surface area contributed by atoms with Gasteiger partial charge in [0.1, 0.15) is 11.5 Å². The normalized spacial score (nSPS) is 11.2. The van der Waals surface area contributed by atoms with Crippen molar-refractivity contribution < 1.29 is 20.1 Å². The molecule has 9 heteroatoms. The average Bonchev–Trinajstić information content (AvgIpc) is 3.03. The lowest BCUT2D eigenvalue weighted by Gasteiger charge is -2.14. The van der Waals surface area contributed by atoms with Crippen molar-refractivity contribution in [2.45, 2.75) is 32.9 Å². The molecular formula is C21H25N5O4. The van der Waals surface area contributed by atoms with E-state index < -0.39 is 5.91 Å². The van der Waals surface area contributed by atoms with E-state index >= 15 is 0 Å². The summed E-state index contributed by atoms with van der Waals surface area (Å²) in [4.78, 5) is 10.8. The molecule has 158 valence electrons. The predicted octanol–water partition coefficient (Wildman–Crippen LogP) is 1.81. The molecule has 3 aromatic rings. The summed E-state index contributed by atoms with van der Waals surface area (Å²) in [6.07, 6.45) is 0. The summed E-state index contributed by atoms with van der Waals surface area (Å²) in [5, 5.41) is 41.3. The predicted molar refractivity (Wildman–Crippen MR) is 111 cm³/mol. The van der Waals surface area contributed by atoms with Crippen molar-refractivity contribution in [3.05, 3.63) is 53.1 Å². The molecule has 0 saturated carbocycles. The summed E-state index contributed by atoms with van der Waals surface area (Å²) in [5.74, 6) is -0.243. The largest absolute Gasteiger partial charge is 0.508 e. The minimum absolute atomic E-state index is 0.00192. The molecule has 0 saturated heterocycles. The molecule has 0 aliphatic carbocycles. The molecule has 0 spiro atoms. The Morgan fingerprint density at radius 3 is 2.37 bits per heavy atom. The van der Waals surface area contributed by atoms with Gasteiger partial charge in [0, 0.05) is 12.6 Å². The standard InChI is InChI=1S/C21H25N5O4/c1-12(2)15-7-16(18(28)8-17(15)27)20-24-25-21(30)26(20)11-14-5-3-13(4-6-14)9-23-10-19(22)29/h3-8,12,23,27-28H,9-11H2,1-2H3,(H2,22,29)(H,25,30). The number of aromatic hydroxyl groups is 3. The Labute approximate surface area is 173 Å². The number of carbonyl (C=O) groups is 1. The summed E-state index contributed by atoms with van der Waals surface area (Å²) in [7, 11) is 0. The highest BCUT2D eigenvalue weighted by atomic mass is 16.3. The van der Waals surface area contributed by atoms with Crippen molar-refractivity contribution in [2.24, 2.45) is 5.73 Å². The molecule has 0 aliphatic rings. The zero-order valence-corrected chi connectivity index (χ0v) is 16.8. The van der Waals surface area contributed by atoms with Crippen LogP contribution in [-0.2, 0) is 17.9 Å². The lowest BCUT2D eigenvalue weighted by Crippen LogP contribution is -2.28. The molecule has 0 radical (unpaired) electrons. The molecule has 3 rings (SSSR count). The SMILES string of the molecule is CC(C)c1cc(-c2nnc(O)n2Cc2ccc(CNCC(N)=O)cc2)c(O)cc1O. The van der Waals surface area contributed by atoms with Gasteiger partial charge in [-0.2, -0.15) is 0 Å². The van der Waals surface area contributed by atoms with Gasteiger partial charge in [-0.1, -0.05) is 43.2 Å². The Kier molecular flexibility index (Phi) is 6.22. The van der Waals surface area contributed by atoms with Gasteiger partial charge in [0.2, 0.25) is 5.91 Å². The summed E-state index contributed by atoms with van der Waals surface area (Å²) in [6.45, 7) is 4.75. The monoisotopic (exact) mass is 411 g/mol. The number of nitrogens with zero attached hydrogens (tertiary/aromatic N) is 3. The van der Waals surface area contributed by atoms with Gasteiger partial charge >= 0.3 is 6.01 Å². The van der Waals surface area contributed by atoms with E-state index in [9.17, 15) is 20.1 Å². The lowest BCUT2D eigenvalue weighted by molar-refractivity contribution is -0.117. The Balaban J connectivity index is 1.85. The maximum absolute atomic E-state index is 10.8. The molecule has 30 heavy (non-hydrogen) atoms. The molecule has 0 atom stereocenters. The van der Waals surface area contributed by atoms with Crippen molar-refractivity contribution in [2.75, 3.05) is 6.54 Å². The fourth-order valence-electron chi connectivity index (χ4n) is 3.15.